The number of amides is 1. The highest BCUT2D eigenvalue weighted by Gasteiger charge is 2.16. The van der Waals surface area contributed by atoms with Crippen molar-refractivity contribution in [1.29, 1.82) is 0 Å². The lowest BCUT2D eigenvalue weighted by Crippen LogP contribution is -2.49. The highest BCUT2D eigenvalue weighted by atomic mass is 35.5. The van der Waals surface area contributed by atoms with Crippen molar-refractivity contribution >= 4 is 23.5 Å². The van der Waals surface area contributed by atoms with Gasteiger partial charge in [0.05, 0.1) is 6.17 Å². The molecule has 0 saturated carbocycles. The minimum absolute atomic E-state index is 0.153. The summed E-state index contributed by atoms with van der Waals surface area (Å²) in [5.41, 5.74) is 12.8. The minimum Gasteiger partial charge on any atom is -0.356 e. The second kappa shape index (κ2) is 11.0. The summed E-state index contributed by atoms with van der Waals surface area (Å²) in [4.78, 5) is 16.5. The lowest BCUT2D eigenvalue weighted by atomic mass is 10.0. The van der Waals surface area contributed by atoms with Crippen molar-refractivity contribution in [3.63, 3.8) is 0 Å². The molecule has 0 fully saturated rings. The Balaban J connectivity index is 2.10. The molecule has 0 spiro atoms. The molecule has 6 N–H and O–H groups in total. The summed E-state index contributed by atoms with van der Waals surface area (Å²) in [7, 11) is 0. The summed E-state index contributed by atoms with van der Waals surface area (Å²) in [6.45, 7) is 4.55. The number of benzene rings is 2. The number of carbonyl (C=O) groups excluding carboxylic acids is 1. The van der Waals surface area contributed by atoms with E-state index >= 15 is 0 Å². The number of halogens is 3. The quantitative estimate of drug-likeness (QED) is 0.302. The molecule has 162 valence electrons. The molecule has 0 bridgehead atoms. The van der Waals surface area contributed by atoms with Crippen LogP contribution >= 0.6 is 11.6 Å². The van der Waals surface area contributed by atoms with Gasteiger partial charge in [-0.05, 0) is 54.3 Å². The van der Waals surface area contributed by atoms with Crippen molar-refractivity contribution < 1.29 is 13.6 Å². The molecule has 2 aromatic rings. The topological polar surface area (TPSA) is 106 Å². The van der Waals surface area contributed by atoms with Crippen molar-refractivity contribution in [3.05, 3.63) is 70.2 Å². The molecule has 30 heavy (non-hydrogen) atoms. The number of carbonyl (C=O) groups is 1. The highest BCUT2D eigenvalue weighted by molar-refractivity contribution is 6.30. The summed E-state index contributed by atoms with van der Waals surface area (Å²) in [5, 5.41) is 6.47. The largest absolute Gasteiger partial charge is 0.356 e. The summed E-state index contributed by atoms with van der Waals surface area (Å²) < 4.78 is 26.8. The Kier molecular flexibility index (Phi) is 8.71. The fraction of sp³-hybridized carbons (Fsp3) is 0.333. The highest BCUT2D eigenvalue weighted by Crippen LogP contribution is 2.17. The number of aliphatic imine (C=N–C) groups is 1. The first-order valence-electron chi connectivity index (χ1n) is 9.50. The normalized spacial score (nSPS) is 13.8. The molecule has 2 rings (SSSR count). The van der Waals surface area contributed by atoms with E-state index in [2.05, 4.69) is 15.6 Å². The predicted octanol–water partition coefficient (Wildman–Crippen LogP) is 3.32. The number of nitrogens with one attached hydrogen (secondary N) is 2. The zero-order valence-corrected chi connectivity index (χ0v) is 17.6. The number of rotatable bonds is 7. The number of hydrogen-bond donors (Lipinski definition) is 4. The minimum atomic E-state index is -0.720. The van der Waals surface area contributed by atoms with Crippen LogP contribution in [0.5, 0.6) is 0 Å². The van der Waals surface area contributed by atoms with Gasteiger partial charge >= 0.3 is 0 Å². The molecule has 0 heterocycles. The van der Waals surface area contributed by atoms with E-state index < -0.39 is 29.7 Å². The van der Waals surface area contributed by atoms with Gasteiger partial charge in [-0.1, -0.05) is 25.4 Å². The maximum atomic E-state index is 13.4. The van der Waals surface area contributed by atoms with Crippen LogP contribution in [-0.4, -0.2) is 24.6 Å². The van der Waals surface area contributed by atoms with E-state index in [1.807, 2.05) is 13.8 Å². The third-order valence-electron chi connectivity index (χ3n) is 4.13. The molecule has 6 nitrogen and oxygen atoms in total. The Bertz CT molecular complexity index is 869. The van der Waals surface area contributed by atoms with Crippen LogP contribution in [0.25, 0.3) is 0 Å². The van der Waals surface area contributed by atoms with Gasteiger partial charge in [0.1, 0.15) is 11.6 Å². The van der Waals surface area contributed by atoms with Crippen LogP contribution in [-0.2, 0) is 0 Å². The standard InChI is InChI=1S/C21H26ClF2N5O/c1-12(2)11-27-21(29-20(30)13-3-5-15(22)6-4-13)28-19(26)10-18(25)14-7-16(23)9-17(24)8-14/h3-9,12,18-19H,10-11,25-26H2,1-2H3,(H2,27,28,29,30). The van der Waals surface area contributed by atoms with E-state index in [1.54, 1.807) is 24.3 Å². The second-order valence-corrected chi connectivity index (χ2v) is 7.78. The predicted molar refractivity (Wildman–Crippen MR) is 115 cm³/mol. The van der Waals surface area contributed by atoms with Gasteiger partial charge in [0.2, 0.25) is 5.96 Å². The molecule has 9 heteroatoms. The van der Waals surface area contributed by atoms with Crippen LogP contribution < -0.4 is 22.1 Å². The van der Waals surface area contributed by atoms with Crippen molar-refractivity contribution in [2.75, 3.05) is 6.54 Å². The van der Waals surface area contributed by atoms with Gasteiger partial charge in [0, 0.05) is 29.2 Å². The van der Waals surface area contributed by atoms with Crippen LogP contribution in [0.15, 0.2) is 47.5 Å². The van der Waals surface area contributed by atoms with Crippen molar-refractivity contribution in [3.8, 4) is 0 Å². The monoisotopic (exact) mass is 437 g/mol. The average Bonchev–Trinajstić information content (AvgIpc) is 2.65. The Morgan fingerprint density at radius 1 is 1.10 bits per heavy atom. The maximum Gasteiger partial charge on any atom is 0.280 e. The van der Waals surface area contributed by atoms with Crippen molar-refractivity contribution in [2.45, 2.75) is 32.5 Å². The summed E-state index contributed by atoms with van der Waals surface area (Å²) in [6, 6.07) is 8.73. The smallest absolute Gasteiger partial charge is 0.280 e. The van der Waals surface area contributed by atoms with Gasteiger partial charge in [-0.2, -0.15) is 4.99 Å². The fourth-order valence-corrected chi connectivity index (χ4v) is 2.74. The Morgan fingerprint density at radius 2 is 1.70 bits per heavy atom. The van der Waals surface area contributed by atoms with Gasteiger partial charge in [-0.3, -0.25) is 4.79 Å². The lowest BCUT2D eigenvalue weighted by Gasteiger charge is -2.22. The molecule has 0 aromatic heterocycles. The van der Waals surface area contributed by atoms with E-state index in [0.29, 0.717) is 17.1 Å². The van der Waals surface area contributed by atoms with Gasteiger partial charge in [0.15, 0.2) is 0 Å². The zero-order chi connectivity index (χ0) is 22.3. The fourth-order valence-electron chi connectivity index (χ4n) is 2.62. The molecule has 0 aliphatic rings. The molecule has 2 aromatic carbocycles. The second-order valence-electron chi connectivity index (χ2n) is 7.34. The summed E-state index contributed by atoms with van der Waals surface area (Å²) in [6.07, 6.45) is -0.566. The molecule has 0 aliphatic carbocycles. The molecule has 0 aliphatic heterocycles. The van der Waals surface area contributed by atoms with Crippen LogP contribution in [0, 0.1) is 17.6 Å². The Hall–Kier alpha value is -2.55. The summed E-state index contributed by atoms with van der Waals surface area (Å²) in [5.74, 6) is -1.42. The molecule has 0 radical (unpaired) electrons. The molecular weight excluding hydrogens is 412 g/mol. The molecular formula is C21H26ClF2N5O. The van der Waals surface area contributed by atoms with E-state index in [-0.39, 0.29) is 23.9 Å². The average molecular weight is 438 g/mol. The third-order valence-corrected chi connectivity index (χ3v) is 4.38. The van der Waals surface area contributed by atoms with Gasteiger partial charge in [-0.25, -0.2) is 8.78 Å². The van der Waals surface area contributed by atoms with Gasteiger partial charge in [-0.15, -0.1) is 0 Å². The van der Waals surface area contributed by atoms with Gasteiger partial charge in [0.25, 0.3) is 5.91 Å². The van der Waals surface area contributed by atoms with E-state index in [0.717, 1.165) is 18.2 Å². The van der Waals surface area contributed by atoms with Gasteiger partial charge < -0.3 is 22.1 Å². The Morgan fingerprint density at radius 3 is 2.27 bits per heavy atom. The zero-order valence-electron chi connectivity index (χ0n) is 16.8. The maximum absolute atomic E-state index is 13.4. The van der Waals surface area contributed by atoms with Crippen LogP contribution in [0.4, 0.5) is 8.78 Å². The number of hydrogen-bond acceptors (Lipinski definition) is 3. The molecule has 2 unspecified atom stereocenters. The molecule has 2 atom stereocenters. The molecule has 1 amide bonds. The van der Waals surface area contributed by atoms with E-state index in [4.69, 9.17) is 23.1 Å². The SMILES string of the molecule is CC(C)CN/C(=N/C(=O)c1ccc(Cl)cc1)NC(N)CC(N)c1cc(F)cc(F)c1. The lowest BCUT2D eigenvalue weighted by molar-refractivity contribution is 0.100. The van der Waals surface area contributed by atoms with E-state index in [1.165, 1.54) is 0 Å². The van der Waals surface area contributed by atoms with Crippen LogP contribution in [0.1, 0.15) is 42.2 Å². The number of nitrogens with zero attached hydrogens (tertiary/aromatic N) is 1. The van der Waals surface area contributed by atoms with Crippen molar-refractivity contribution in [1.82, 2.24) is 10.6 Å². The first-order chi connectivity index (χ1) is 14.1. The van der Waals surface area contributed by atoms with E-state index in [9.17, 15) is 13.6 Å². The molecule has 0 saturated heterocycles. The van der Waals surface area contributed by atoms with Crippen LogP contribution in [0.3, 0.4) is 0 Å². The number of guanidine groups is 1. The van der Waals surface area contributed by atoms with Crippen LogP contribution in [0.2, 0.25) is 5.02 Å². The first kappa shape index (κ1) is 23.7. The Labute approximate surface area is 179 Å². The summed E-state index contributed by atoms with van der Waals surface area (Å²) >= 11 is 5.85. The van der Waals surface area contributed by atoms with Crippen molar-refractivity contribution in [2.24, 2.45) is 22.4 Å². The first-order valence-corrected chi connectivity index (χ1v) is 9.88. The number of nitrogens with two attached hydrogens (primary N) is 2. The third kappa shape index (κ3) is 7.70.